The van der Waals surface area contributed by atoms with Crippen molar-refractivity contribution in [1.29, 1.82) is 0 Å². The van der Waals surface area contributed by atoms with E-state index in [4.69, 9.17) is 9.79 Å². The van der Waals surface area contributed by atoms with E-state index >= 15 is 0 Å². The molecule has 1 saturated heterocycles. The molecular weight excluding hydrogens is 396 g/mol. The van der Waals surface area contributed by atoms with Gasteiger partial charge < -0.3 is 20.0 Å². The molecule has 0 spiro atoms. The number of benzene rings is 1. The average Bonchev–Trinajstić information content (AvgIpc) is 2.63. The fourth-order valence-electron chi connectivity index (χ4n) is 3.35. The summed E-state index contributed by atoms with van der Waals surface area (Å²) in [6, 6.07) is 4.29. The first-order valence-corrected chi connectivity index (χ1v) is 10.4. The van der Waals surface area contributed by atoms with Crippen molar-refractivity contribution in [2.75, 3.05) is 19.3 Å². The van der Waals surface area contributed by atoms with Gasteiger partial charge in [0.1, 0.15) is 6.04 Å². The first-order valence-electron chi connectivity index (χ1n) is 8.96. The molecular formula is C18H24F3N2O4P. The fraction of sp³-hybridized carbons (Fsp3) is 0.556. The average molecular weight is 420 g/mol. The minimum absolute atomic E-state index is 0.0219. The quantitative estimate of drug-likeness (QED) is 0.618. The molecule has 3 N–H and O–H groups in total. The van der Waals surface area contributed by atoms with E-state index < -0.39 is 26.2 Å². The second-order valence-electron chi connectivity index (χ2n) is 6.86. The third-order valence-electron chi connectivity index (χ3n) is 4.81. The van der Waals surface area contributed by atoms with Gasteiger partial charge in [0.25, 0.3) is 0 Å². The number of likely N-dealkylation sites (tertiary alicyclic amines) is 1. The van der Waals surface area contributed by atoms with Gasteiger partial charge in [-0.1, -0.05) is 12.1 Å². The molecule has 28 heavy (non-hydrogen) atoms. The lowest BCUT2D eigenvalue weighted by molar-refractivity contribution is -0.138. The molecule has 0 radical (unpaired) electrons. The van der Waals surface area contributed by atoms with Gasteiger partial charge in [-0.25, -0.2) is 0 Å². The van der Waals surface area contributed by atoms with E-state index in [-0.39, 0.29) is 30.3 Å². The van der Waals surface area contributed by atoms with Gasteiger partial charge in [0, 0.05) is 26.2 Å². The number of carbonyl (C=O) groups excluding carboxylic acids is 2. The molecule has 0 bridgehead atoms. The Labute approximate surface area is 162 Å². The second kappa shape index (κ2) is 9.67. The molecule has 1 aliphatic heterocycles. The number of hydrogen-bond donors (Lipinski definition) is 3. The maximum absolute atomic E-state index is 12.7. The molecule has 0 aliphatic carbocycles. The highest BCUT2D eigenvalue weighted by atomic mass is 31.2. The number of carbonyl (C=O) groups is 2. The van der Waals surface area contributed by atoms with E-state index in [9.17, 15) is 22.8 Å². The van der Waals surface area contributed by atoms with Gasteiger partial charge in [-0.15, -0.1) is 0 Å². The minimum atomic E-state index is -4.36. The Morgan fingerprint density at radius 2 is 1.79 bits per heavy atom. The number of alkyl halides is 3. The molecule has 6 nitrogen and oxygen atoms in total. The molecule has 0 unspecified atom stereocenters. The van der Waals surface area contributed by atoms with Crippen LogP contribution in [-0.4, -0.2) is 51.8 Å². The Bertz CT molecular complexity index is 674. The van der Waals surface area contributed by atoms with E-state index in [1.54, 1.807) is 4.90 Å². The third-order valence-corrected chi connectivity index (χ3v) is 5.47. The number of nitrogens with zero attached hydrogens (tertiary/aromatic N) is 1. The minimum Gasteiger partial charge on any atom is -0.350 e. The van der Waals surface area contributed by atoms with Gasteiger partial charge in [0.15, 0.2) is 8.38 Å². The van der Waals surface area contributed by atoms with Crippen LogP contribution in [0, 0.1) is 0 Å². The molecule has 1 aromatic rings. The Hall–Kier alpha value is -1.70. The molecule has 1 atom stereocenters. The largest absolute Gasteiger partial charge is 0.416 e. The van der Waals surface area contributed by atoms with Crippen LogP contribution in [0.15, 0.2) is 24.3 Å². The summed E-state index contributed by atoms with van der Waals surface area (Å²) in [6.07, 6.45) is -2.99. The van der Waals surface area contributed by atoms with Gasteiger partial charge in [-0.05, 0) is 42.9 Å². The van der Waals surface area contributed by atoms with Gasteiger partial charge in [-0.2, -0.15) is 13.2 Å². The summed E-state index contributed by atoms with van der Waals surface area (Å²) < 4.78 is 38.0. The Kier molecular flexibility index (Phi) is 7.80. The molecule has 1 aliphatic rings. The SMILES string of the molecule is CC(=O)N[C@@H](CCP(O)O)C(=O)N1CCC(c2ccc(C(F)(F)F)cc2)CC1. The van der Waals surface area contributed by atoms with Crippen molar-refractivity contribution in [3.8, 4) is 0 Å². The van der Waals surface area contributed by atoms with Crippen molar-refractivity contribution in [2.45, 2.75) is 44.3 Å². The lowest BCUT2D eigenvalue weighted by Crippen LogP contribution is -2.50. The van der Waals surface area contributed by atoms with Crippen molar-refractivity contribution in [3.05, 3.63) is 35.4 Å². The van der Waals surface area contributed by atoms with Crippen LogP contribution in [0.3, 0.4) is 0 Å². The first kappa shape index (κ1) is 22.6. The molecule has 10 heteroatoms. The predicted octanol–water partition coefficient (Wildman–Crippen LogP) is 2.60. The summed E-state index contributed by atoms with van der Waals surface area (Å²) in [5, 5.41) is 2.55. The van der Waals surface area contributed by atoms with Gasteiger partial charge in [0.05, 0.1) is 5.56 Å². The summed E-state index contributed by atoms with van der Waals surface area (Å²) in [6.45, 7) is 2.14. The third kappa shape index (κ3) is 6.43. The molecule has 1 aromatic carbocycles. The van der Waals surface area contributed by atoms with Crippen molar-refractivity contribution in [1.82, 2.24) is 10.2 Å². The van der Waals surface area contributed by atoms with Crippen molar-refractivity contribution in [2.24, 2.45) is 0 Å². The van der Waals surface area contributed by atoms with Crippen molar-refractivity contribution in [3.63, 3.8) is 0 Å². The lowest BCUT2D eigenvalue weighted by Gasteiger charge is -2.34. The highest BCUT2D eigenvalue weighted by molar-refractivity contribution is 7.45. The molecule has 2 amide bonds. The van der Waals surface area contributed by atoms with Crippen LogP contribution in [-0.2, 0) is 15.8 Å². The number of rotatable bonds is 6. The van der Waals surface area contributed by atoms with Crippen LogP contribution < -0.4 is 5.32 Å². The summed E-state index contributed by atoms with van der Waals surface area (Å²) in [4.78, 5) is 43.8. The van der Waals surface area contributed by atoms with Gasteiger partial charge >= 0.3 is 6.18 Å². The number of nitrogens with one attached hydrogen (secondary N) is 1. The zero-order valence-corrected chi connectivity index (χ0v) is 16.3. The number of piperidine rings is 1. The van der Waals surface area contributed by atoms with E-state index in [1.807, 2.05) is 0 Å². The summed E-state index contributed by atoms with van der Waals surface area (Å²) in [5.41, 5.74) is 0.124. The lowest BCUT2D eigenvalue weighted by atomic mass is 9.88. The molecule has 156 valence electrons. The summed E-state index contributed by atoms with van der Waals surface area (Å²) >= 11 is 0. The van der Waals surface area contributed by atoms with Crippen LogP contribution >= 0.6 is 8.38 Å². The Balaban J connectivity index is 1.95. The molecule has 2 rings (SSSR count). The van der Waals surface area contributed by atoms with Gasteiger partial charge in [-0.3, -0.25) is 9.59 Å². The summed E-state index contributed by atoms with van der Waals surface area (Å²) in [7, 11) is -2.15. The maximum atomic E-state index is 12.7. The van der Waals surface area contributed by atoms with E-state index in [0.717, 1.165) is 17.7 Å². The molecule has 1 heterocycles. The highest BCUT2D eigenvalue weighted by Crippen LogP contribution is 2.33. The van der Waals surface area contributed by atoms with Crippen LogP contribution in [0.5, 0.6) is 0 Å². The Morgan fingerprint density at radius 3 is 2.25 bits per heavy atom. The summed E-state index contributed by atoms with van der Waals surface area (Å²) in [5.74, 6) is -0.593. The predicted molar refractivity (Wildman–Crippen MR) is 98.4 cm³/mol. The van der Waals surface area contributed by atoms with E-state index in [0.29, 0.717) is 25.9 Å². The molecule has 1 fully saturated rings. The Morgan fingerprint density at radius 1 is 1.21 bits per heavy atom. The molecule has 0 saturated carbocycles. The highest BCUT2D eigenvalue weighted by Gasteiger charge is 2.32. The van der Waals surface area contributed by atoms with E-state index in [2.05, 4.69) is 5.32 Å². The number of halogens is 3. The van der Waals surface area contributed by atoms with Gasteiger partial charge in [0.2, 0.25) is 11.8 Å². The number of hydrogen-bond acceptors (Lipinski definition) is 4. The zero-order valence-electron chi connectivity index (χ0n) is 15.4. The first-order chi connectivity index (χ1) is 13.1. The van der Waals surface area contributed by atoms with Crippen LogP contribution in [0.25, 0.3) is 0 Å². The monoisotopic (exact) mass is 420 g/mol. The van der Waals surface area contributed by atoms with Crippen LogP contribution in [0.2, 0.25) is 0 Å². The maximum Gasteiger partial charge on any atom is 0.416 e. The normalized spacial score (nSPS) is 16.9. The fourth-order valence-corrected chi connectivity index (χ4v) is 3.83. The van der Waals surface area contributed by atoms with Crippen LogP contribution in [0.4, 0.5) is 13.2 Å². The van der Waals surface area contributed by atoms with Crippen LogP contribution in [0.1, 0.15) is 43.2 Å². The molecule has 0 aromatic heterocycles. The number of amides is 2. The van der Waals surface area contributed by atoms with Crippen molar-refractivity contribution < 1.29 is 32.5 Å². The topological polar surface area (TPSA) is 89.9 Å². The standard InChI is InChI=1S/C18H24F3N2O4P/c1-12(24)22-16(8-11-28(26)27)17(25)23-9-6-14(7-10-23)13-2-4-15(5-3-13)18(19,20)21/h2-5,14,16,26-27H,6-11H2,1H3,(H,22,24)/t16-/m0/s1. The van der Waals surface area contributed by atoms with Crippen molar-refractivity contribution >= 4 is 20.2 Å². The van der Waals surface area contributed by atoms with E-state index in [1.165, 1.54) is 19.1 Å². The zero-order chi connectivity index (χ0) is 20.9. The smallest absolute Gasteiger partial charge is 0.350 e. The second-order valence-corrected chi connectivity index (χ2v) is 8.05.